The number of hydrogen-bond donors (Lipinski definition) is 1. The van der Waals surface area contributed by atoms with Gasteiger partial charge in [0.25, 0.3) is 0 Å². The first-order valence-corrected chi connectivity index (χ1v) is 8.76. The number of carbonyl (C=O) groups is 2. The van der Waals surface area contributed by atoms with Crippen LogP contribution in [0.15, 0.2) is 42.5 Å². The van der Waals surface area contributed by atoms with Crippen LogP contribution in [0, 0.1) is 5.92 Å². The molecule has 1 aliphatic heterocycles. The van der Waals surface area contributed by atoms with Gasteiger partial charge in [-0.15, -0.1) is 0 Å². The molecule has 0 aliphatic carbocycles. The fourth-order valence-electron chi connectivity index (χ4n) is 3.29. The molecule has 2 aromatic rings. The highest BCUT2D eigenvalue weighted by Gasteiger charge is 2.35. The van der Waals surface area contributed by atoms with E-state index in [1.165, 1.54) is 0 Å². The molecule has 1 fully saturated rings. The Labute approximate surface area is 142 Å². The molecule has 0 spiro atoms. The van der Waals surface area contributed by atoms with Gasteiger partial charge in [-0.1, -0.05) is 56.2 Å². The van der Waals surface area contributed by atoms with Crippen LogP contribution in [0.5, 0.6) is 0 Å². The molecule has 2 aromatic carbocycles. The highest BCUT2D eigenvalue weighted by atomic mass is 16.2. The van der Waals surface area contributed by atoms with Crippen LogP contribution in [0.25, 0.3) is 10.8 Å². The van der Waals surface area contributed by atoms with Crippen molar-refractivity contribution in [3.63, 3.8) is 0 Å². The Balaban J connectivity index is 1.71. The van der Waals surface area contributed by atoms with Gasteiger partial charge in [0.2, 0.25) is 11.8 Å². The van der Waals surface area contributed by atoms with Crippen molar-refractivity contribution in [2.75, 3.05) is 18.0 Å². The minimum Gasteiger partial charge on any atom is -0.356 e. The van der Waals surface area contributed by atoms with Gasteiger partial charge in [0.15, 0.2) is 0 Å². The van der Waals surface area contributed by atoms with Crippen LogP contribution >= 0.6 is 0 Å². The van der Waals surface area contributed by atoms with Gasteiger partial charge in [0, 0.05) is 24.9 Å². The third kappa shape index (κ3) is 3.42. The normalized spacial score (nSPS) is 17.5. The summed E-state index contributed by atoms with van der Waals surface area (Å²) in [5, 5.41) is 5.13. The predicted molar refractivity (Wildman–Crippen MR) is 96.9 cm³/mol. The number of nitrogens with one attached hydrogen (secondary N) is 1. The average Bonchev–Trinajstić information content (AvgIpc) is 3.00. The molecule has 0 saturated carbocycles. The number of carbonyl (C=O) groups excluding carboxylic acids is 2. The minimum absolute atomic E-state index is 0.00203. The molecule has 24 heavy (non-hydrogen) atoms. The molecule has 2 amide bonds. The van der Waals surface area contributed by atoms with Gasteiger partial charge in [-0.2, -0.15) is 0 Å². The van der Waals surface area contributed by atoms with Gasteiger partial charge in [0.1, 0.15) is 0 Å². The second-order valence-corrected chi connectivity index (χ2v) is 6.40. The van der Waals surface area contributed by atoms with Crippen LogP contribution in [0.3, 0.4) is 0 Å². The van der Waals surface area contributed by atoms with Crippen molar-refractivity contribution in [2.45, 2.75) is 32.6 Å². The van der Waals surface area contributed by atoms with Crippen molar-refractivity contribution in [2.24, 2.45) is 5.92 Å². The van der Waals surface area contributed by atoms with E-state index in [1.807, 2.05) is 42.5 Å². The van der Waals surface area contributed by atoms with Crippen molar-refractivity contribution < 1.29 is 9.59 Å². The van der Waals surface area contributed by atoms with Gasteiger partial charge in [0.05, 0.1) is 11.6 Å². The van der Waals surface area contributed by atoms with Crippen molar-refractivity contribution in [1.82, 2.24) is 5.32 Å². The molecule has 0 bridgehead atoms. The highest BCUT2D eigenvalue weighted by molar-refractivity contribution is 6.06. The smallest absolute Gasteiger partial charge is 0.227 e. The van der Waals surface area contributed by atoms with Crippen molar-refractivity contribution >= 4 is 28.3 Å². The summed E-state index contributed by atoms with van der Waals surface area (Å²) >= 11 is 0. The number of fused-ring (bicyclic) bond motifs is 1. The van der Waals surface area contributed by atoms with E-state index in [-0.39, 0.29) is 17.7 Å². The molecule has 126 valence electrons. The maximum Gasteiger partial charge on any atom is 0.227 e. The molecule has 1 heterocycles. The molecule has 1 atom stereocenters. The molecule has 0 unspecified atom stereocenters. The molecule has 1 aliphatic rings. The molecule has 1 N–H and O–H groups in total. The van der Waals surface area contributed by atoms with Gasteiger partial charge in [-0.25, -0.2) is 0 Å². The number of anilines is 1. The Kier molecular flexibility index (Phi) is 5.14. The summed E-state index contributed by atoms with van der Waals surface area (Å²) in [6.07, 6.45) is 3.54. The first-order valence-electron chi connectivity index (χ1n) is 8.76. The number of benzene rings is 2. The van der Waals surface area contributed by atoms with Crippen LogP contribution in [-0.2, 0) is 9.59 Å². The first kappa shape index (κ1) is 16.5. The van der Waals surface area contributed by atoms with Crippen molar-refractivity contribution in [3.8, 4) is 0 Å². The Morgan fingerprint density at radius 3 is 2.79 bits per heavy atom. The van der Waals surface area contributed by atoms with Crippen LogP contribution in [-0.4, -0.2) is 24.9 Å². The van der Waals surface area contributed by atoms with Gasteiger partial charge < -0.3 is 10.2 Å². The van der Waals surface area contributed by atoms with E-state index in [9.17, 15) is 9.59 Å². The van der Waals surface area contributed by atoms with Gasteiger partial charge in [-0.05, 0) is 17.9 Å². The fourth-order valence-corrected chi connectivity index (χ4v) is 3.29. The zero-order chi connectivity index (χ0) is 16.9. The largest absolute Gasteiger partial charge is 0.356 e. The van der Waals surface area contributed by atoms with Crippen molar-refractivity contribution in [3.05, 3.63) is 42.5 Å². The highest BCUT2D eigenvalue weighted by Crippen LogP contribution is 2.31. The SMILES string of the molecule is CCCCCNC(=O)[C@H]1CC(=O)N(c2cccc3ccccc23)C1. The lowest BCUT2D eigenvalue weighted by molar-refractivity contribution is -0.126. The summed E-state index contributed by atoms with van der Waals surface area (Å²) in [6.45, 7) is 3.30. The Morgan fingerprint density at radius 1 is 1.17 bits per heavy atom. The average molecular weight is 324 g/mol. The van der Waals surface area contributed by atoms with Crippen LogP contribution < -0.4 is 10.2 Å². The quantitative estimate of drug-likeness (QED) is 0.827. The predicted octanol–water partition coefficient (Wildman–Crippen LogP) is 3.50. The Bertz CT molecular complexity index is 736. The third-order valence-electron chi connectivity index (χ3n) is 4.63. The zero-order valence-corrected chi connectivity index (χ0v) is 14.1. The minimum atomic E-state index is -0.252. The monoisotopic (exact) mass is 324 g/mol. The number of unbranched alkanes of at least 4 members (excludes halogenated alkanes) is 2. The summed E-state index contributed by atoms with van der Waals surface area (Å²) in [4.78, 5) is 26.5. The standard InChI is InChI=1S/C20H24N2O2/c1-2-3-6-12-21-20(24)16-13-19(23)22(14-16)18-11-7-9-15-8-4-5-10-17(15)18/h4-5,7-11,16H,2-3,6,12-14H2,1H3,(H,21,24)/t16-/m0/s1. The summed E-state index contributed by atoms with van der Waals surface area (Å²) in [7, 11) is 0. The zero-order valence-electron chi connectivity index (χ0n) is 14.1. The molecular weight excluding hydrogens is 300 g/mol. The second kappa shape index (κ2) is 7.47. The summed E-state index contributed by atoms with van der Waals surface area (Å²) < 4.78 is 0. The number of amides is 2. The maximum absolute atomic E-state index is 12.5. The lowest BCUT2D eigenvalue weighted by atomic mass is 10.1. The molecule has 1 saturated heterocycles. The van der Waals surface area contributed by atoms with E-state index in [4.69, 9.17) is 0 Å². The van der Waals surface area contributed by atoms with E-state index in [0.717, 1.165) is 35.7 Å². The van der Waals surface area contributed by atoms with E-state index in [1.54, 1.807) is 4.90 Å². The Hall–Kier alpha value is -2.36. The molecule has 4 heteroatoms. The summed E-state index contributed by atoms with van der Waals surface area (Å²) in [6, 6.07) is 14.0. The summed E-state index contributed by atoms with van der Waals surface area (Å²) in [5.74, 6) is -0.222. The molecule has 3 rings (SSSR count). The van der Waals surface area contributed by atoms with E-state index in [2.05, 4.69) is 12.2 Å². The molecule has 4 nitrogen and oxygen atoms in total. The topological polar surface area (TPSA) is 49.4 Å². The molecule has 0 aromatic heterocycles. The van der Waals surface area contributed by atoms with E-state index < -0.39 is 0 Å². The van der Waals surface area contributed by atoms with Crippen LogP contribution in [0.2, 0.25) is 0 Å². The summed E-state index contributed by atoms with van der Waals surface area (Å²) in [5.41, 5.74) is 0.902. The first-order chi connectivity index (χ1) is 11.7. The lowest BCUT2D eigenvalue weighted by Crippen LogP contribution is -2.33. The number of nitrogens with zero attached hydrogens (tertiary/aromatic N) is 1. The van der Waals surface area contributed by atoms with E-state index in [0.29, 0.717) is 19.5 Å². The van der Waals surface area contributed by atoms with Crippen LogP contribution in [0.4, 0.5) is 5.69 Å². The fraction of sp³-hybridized carbons (Fsp3) is 0.400. The Morgan fingerprint density at radius 2 is 1.96 bits per heavy atom. The second-order valence-electron chi connectivity index (χ2n) is 6.40. The van der Waals surface area contributed by atoms with Crippen LogP contribution in [0.1, 0.15) is 32.6 Å². The lowest BCUT2D eigenvalue weighted by Gasteiger charge is -2.19. The van der Waals surface area contributed by atoms with E-state index >= 15 is 0 Å². The van der Waals surface area contributed by atoms with Crippen molar-refractivity contribution in [1.29, 1.82) is 0 Å². The molecule has 0 radical (unpaired) electrons. The van der Waals surface area contributed by atoms with Gasteiger partial charge >= 0.3 is 0 Å². The van der Waals surface area contributed by atoms with Gasteiger partial charge in [-0.3, -0.25) is 9.59 Å². The number of rotatable bonds is 6. The third-order valence-corrected chi connectivity index (χ3v) is 4.63. The number of hydrogen-bond acceptors (Lipinski definition) is 2. The molecular formula is C20H24N2O2. The maximum atomic E-state index is 12.5.